The topological polar surface area (TPSA) is 43.4 Å². The van der Waals surface area contributed by atoms with Crippen molar-refractivity contribution in [2.45, 2.75) is 19.8 Å². The number of carbonyl (C=O) groups is 2. The summed E-state index contributed by atoms with van der Waals surface area (Å²) in [5, 5.41) is 0. The summed E-state index contributed by atoms with van der Waals surface area (Å²) in [5.41, 5.74) is 0. The predicted molar refractivity (Wildman–Crippen MR) is 36.7 cm³/mol. The summed E-state index contributed by atoms with van der Waals surface area (Å²) in [6, 6.07) is 0. The fourth-order valence-corrected chi connectivity index (χ4v) is 0.464. The number of carbonyl (C=O) groups excluding carboxylic acids is 2. The molecule has 0 aromatic heterocycles. The van der Waals surface area contributed by atoms with Gasteiger partial charge >= 0.3 is 11.9 Å². The Bertz CT molecular complexity index is 133. The highest BCUT2D eigenvalue weighted by Crippen LogP contribution is 1.92. The van der Waals surface area contributed by atoms with Crippen molar-refractivity contribution in [3.05, 3.63) is 0 Å². The molecule has 0 radical (unpaired) electrons. The number of hydrogen-bond donors (Lipinski definition) is 0. The van der Waals surface area contributed by atoms with Crippen LogP contribution in [-0.2, 0) is 14.3 Å². The lowest BCUT2D eigenvalue weighted by molar-refractivity contribution is -0.157. The van der Waals surface area contributed by atoms with Crippen molar-refractivity contribution >= 4 is 23.5 Å². The summed E-state index contributed by atoms with van der Waals surface area (Å²) < 4.78 is 4.23. The van der Waals surface area contributed by atoms with Gasteiger partial charge in [0, 0.05) is 6.42 Å². The van der Waals surface area contributed by atoms with Gasteiger partial charge in [-0.1, -0.05) is 6.92 Å². The van der Waals surface area contributed by atoms with E-state index in [1.807, 2.05) is 6.92 Å². The first-order valence-electron chi connectivity index (χ1n) is 3.00. The zero-order valence-electron chi connectivity index (χ0n) is 5.72. The monoisotopic (exact) mass is 164 g/mol. The number of ether oxygens (including phenoxy) is 1. The van der Waals surface area contributed by atoms with Gasteiger partial charge < -0.3 is 4.74 Å². The zero-order valence-corrected chi connectivity index (χ0v) is 6.48. The molecule has 0 bridgehead atoms. The van der Waals surface area contributed by atoms with Gasteiger partial charge in [0.2, 0.25) is 0 Å². The Kier molecular flexibility index (Phi) is 4.94. The van der Waals surface area contributed by atoms with Crippen LogP contribution in [0.1, 0.15) is 19.8 Å². The molecule has 0 heterocycles. The van der Waals surface area contributed by atoms with Gasteiger partial charge in [-0.2, -0.15) is 0 Å². The second kappa shape index (κ2) is 5.23. The van der Waals surface area contributed by atoms with E-state index in [-0.39, 0.29) is 12.3 Å². The summed E-state index contributed by atoms with van der Waals surface area (Å²) >= 11 is 5.07. The van der Waals surface area contributed by atoms with Gasteiger partial charge in [-0.3, -0.25) is 9.59 Å². The first-order valence-corrected chi connectivity index (χ1v) is 3.53. The molecule has 0 saturated carbocycles. The molecule has 4 heteroatoms. The van der Waals surface area contributed by atoms with Crippen LogP contribution in [0, 0.1) is 0 Å². The SMILES string of the molecule is CCCC(=O)OC(=O)CCl. The van der Waals surface area contributed by atoms with Gasteiger partial charge in [-0.15, -0.1) is 11.6 Å². The van der Waals surface area contributed by atoms with E-state index in [4.69, 9.17) is 11.6 Å². The molecule has 0 rings (SSSR count). The fourth-order valence-electron chi connectivity index (χ4n) is 0.409. The summed E-state index contributed by atoms with van der Waals surface area (Å²) in [5.74, 6) is -1.46. The normalized spacial score (nSPS) is 9.00. The minimum absolute atomic E-state index is 0.266. The van der Waals surface area contributed by atoms with Crippen LogP contribution in [0.3, 0.4) is 0 Å². The van der Waals surface area contributed by atoms with Gasteiger partial charge in [0.25, 0.3) is 0 Å². The largest absolute Gasteiger partial charge is 0.392 e. The molecule has 0 saturated heterocycles. The van der Waals surface area contributed by atoms with E-state index in [1.54, 1.807) is 0 Å². The van der Waals surface area contributed by atoms with Crippen molar-refractivity contribution in [3.63, 3.8) is 0 Å². The number of alkyl halides is 1. The Hall–Kier alpha value is -0.570. The molecule has 0 spiro atoms. The van der Waals surface area contributed by atoms with E-state index in [2.05, 4.69) is 4.74 Å². The highest BCUT2D eigenvalue weighted by Gasteiger charge is 2.06. The van der Waals surface area contributed by atoms with E-state index in [9.17, 15) is 9.59 Å². The number of hydrogen-bond acceptors (Lipinski definition) is 3. The first kappa shape index (κ1) is 9.43. The molecule has 0 unspecified atom stereocenters. The molecule has 0 fully saturated rings. The van der Waals surface area contributed by atoms with Gasteiger partial charge in [0.1, 0.15) is 5.88 Å². The molecule has 0 N–H and O–H groups in total. The van der Waals surface area contributed by atoms with Crippen molar-refractivity contribution in [2.24, 2.45) is 0 Å². The van der Waals surface area contributed by atoms with Gasteiger partial charge in [-0.25, -0.2) is 0 Å². The first-order chi connectivity index (χ1) is 4.70. The third-order valence-electron chi connectivity index (χ3n) is 0.791. The molecule has 0 aliphatic rings. The van der Waals surface area contributed by atoms with Crippen LogP contribution in [0.5, 0.6) is 0 Å². The molecular weight excluding hydrogens is 156 g/mol. The van der Waals surface area contributed by atoms with E-state index in [0.29, 0.717) is 6.42 Å². The van der Waals surface area contributed by atoms with E-state index in [1.165, 1.54) is 0 Å². The quantitative estimate of drug-likeness (QED) is 0.356. The summed E-state index contributed by atoms with van der Waals surface area (Å²) in [7, 11) is 0. The minimum Gasteiger partial charge on any atom is -0.392 e. The summed E-state index contributed by atoms with van der Waals surface area (Å²) in [6.45, 7) is 1.83. The van der Waals surface area contributed by atoms with Crippen LogP contribution in [0.2, 0.25) is 0 Å². The summed E-state index contributed by atoms with van der Waals surface area (Å²) in [4.78, 5) is 20.8. The van der Waals surface area contributed by atoms with Crippen molar-refractivity contribution in [3.8, 4) is 0 Å². The maximum absolute atomic E-state index is 10.5. The molecular formula is C6H9ClO3. The second-order valence-corrected chi connectivity index (χ2v) is 2.00. The molecule has 3 nitrogen and oxygen atoms in total. The standard InChI is InChI=1S/C6H9ClO3/c1-2-3-5(8)10-6(9)4-7/h2-4H2,1H3. The van der Waals surface area contributed by atoms with Crippen LogP contribution in [-0.4, -0.2) is 17.8 Å². The molecule has 58 valence electrons. The zero-order chi connectivity index (χ0) is 7.98. The lowest BCUT2D eigenvalue weighted by Crippen LogP contribution is -2.12. The molecule has 0 aromatic rings. The van der Waals surface area contributed by atoms with Gasteiger partial charge in [-0.05, 0) is 6.42 Å². The predicted octanol–water partition coefficient (Wildman–Crippen LogP) is 1.10. The smallest absolute Gasteiger partial charge is 0.328 e. The third-order valence-corrected chi connectivity index (χ3v) is 1.01. The molecule has 0 atom stereocenters. The Morgan fingerprint density at radius 2 is 2.00 bits per heavy atom. The highest BCUT2D eigenvalue weighted by atomic mass is 35.5. The van der Waals surface area contributed by atoms with Crippen molar-refractivity contribution < 1.29 is 14.3 Å². The lowest BCUT2D eigenvalue weighted by Gasteiger charge is -1.96. The lowest BCUT2D eigenvalue weighted by atomic mass is 10.3. The van der Waals surface area contributed by atoms with Gasteiger partial charge in [0.05, 0.1) is 0 Å². The molecule has 10 heavy (non-hydrogen) atoms. The highest BCUT2D eigenvalue weighted by molar-refractivity contribution is 6.27. The maximum atomic E-state index is 10.5. The Morgan fingerprint density at radius 3 is 2.40 bits per heavy atom. The van der Waals surface area contributed by atoms with E-state index in [0.717, 1.165) is 0 Å². The molecule has 0 aliphatic carbocycles. The number of halogens is 1. The molecule has 0 aliphatic heterocycles. The van der Waals surface area contributed by atoms with Crippen LogP contribution >= 0.6 is 11.6 Å². The Labute approximate surface area is 64.3 Å². The Morgan fingerprint density at radius 1 is 1.40 bits per heavy atom. The van der Waals surface area contributed by atoms with Crippen molar-refractivity contribution in [1.82, 2.24) is 0 Å². The van der Waals surface area contributed by atoms with Crippen molar-refractivity contribution in [2.75, 3.05) is 5.88 Å². The third kappa shape index (κ3) is 4.32. The second-order valence-electron chi connectivity index (χ2n) is 1.73. The summed E-state index contributed by atoms with van der Waals surface area (Å²) in [6.07, 6.45) is 0.941. The van der Waals surface area contributed by atoms with E-state index < -0.39 is 11.9 Å². The van der Waals surface area contributed by atoms with Crippen LogP contribution in [0.4, 0.5) is 0 Å². The Balaban J connectivity index is 3.47. The van der Waals surface area contributed by atoms with Crippen LogP contribution in [0.15, 0.2) is 0 Å². The van der Waals surface area contributed by atoms with Gasteiger partial charge in [0.15, 0.2) is 0 Å². The average molecular weight is 165 g/mol. The number of rotatable bonds is 3. The number of esters is 2. The van der Waals surface area contributed by atoms with E-state index >= 15 is 0 Å². The average Bonchev–Trinajstić information content (AvgIpc) is 1.88. The van der Waals surface area contributed by atoms with Crippen LogP contribution in [0.25, 0.3) is 0 Å². The molecule has 0 aromatic carbocycles. The molecule has 0 amide bonds. The van der Waals surface area contributed by atoms with Crippen LogP contribution < -0.4 is 0 Å². The fraction of sp³-hybridized carbons (Fsp3) is 0.667. The minimum atomic E-state index is -0.680. The van der Waals surface area contributed by atoms with Crippen molar-refractivity contribution in [1.29, 1.82) is 0 Å². The maximum Gasteiger partial charge on any atom is 0.328 e.